The number of likely N-dealkylation sites (tertiary alicyclic amines) is 1. The average Bonchev–Trinajstić information content (AvgIpc) is 2.56. The Morgan fingerprint density at radius 2 is 2.38 bits per heavy atom. The molecule has 0 bridgehead atoms. The minimum absolute atomic E-state index is 0.256. The summed E-state index contributed by atoms with van der Waals surface area (Å²) < 4.78 is 0.602. The number of nitrogens with zero attached hydrogens (tertiary/aromatic N) is 2. The van der Waals surface area contributed by atoms with Crippen molar-refractivity contribution in [1.29, 1.82) is 0 Å². The van der Waals surface area contributed by atoms with Gasteiger partial charge in [0.15, 0.2) is 4.47 Å². The van der Waals surface area contributed by atoms with Crippen molar-refractivity contribution in [3.63, 3.8) is 0 Å². The number of hydrogen-bond donors (Lipinski definition) is 1. The normalized spacial score (nSPS) is 23.2. The maximum absolute atomic E-state index is 9.39. The molecule has 1 aromatic heterocycles. The molecule has 0 radical (unpaired) electrons. The van der Waals surface area contributed by atoms with Crippen molar-refractivity contribution in [2.45, 2.75) is 38.3 Å². The Hall–Kier alpha value is -0.160. The van der Waals surface area contributed by atoms with Crippen LogP contribution in [0.2, 0.25) is 4.47 Å². The first kappa shape index (κ1) is 12.3. The van der Waals surface area contributed by atoms with Gasteiger partial charge in [0.1, 0.15) is 0 Å². The van der Waals surface area contributed by atoms with E-state index >= 15 is 0 Å². The standard InChI is InChI=1S/C11H17ClN2OS/c12-11-13-6-10(16-11)7-14-5-3-1-2-4-9(14)8-15/h6,9,15H,1-5,7-8H2. The molecule has 1 fully saturated rings. The van der Waals surface area contributed by atoms with Crippen molar-refractivity contribution < 1.29 is 5.11 Å². The Morgan fingerprint density at radius 1 is 1.50 bits per heavy atom. The third-order valence-corrected chi connectivity index (χ3v) is 4.19. The van der Waals surface area contributed by atoms with Gasteiger partial charge >= 0.3 is 0 Å². The summed E-state index contributed by atoms with van der Waals surface area (Å²) in [5.74, 6) is 0. The van der Waals surface area contributed by atoms with Crippen molar-refractivity contribution in [3.05, 3.63) is 15.5 Å². The topological polar surface area (TPSA) is 36.4 Å². The lowest BCUT2D eigenvalue weighted by atomic mass is 10.1. The van der Waals surface area contributed by atoms with Crippen LogP contribution in [0, 0.1) is 0 Å². The van der Waals surface area contributed by atoms with E-state index in [1.165, 1.54) is 35.5 Å². The Kier molecular flexibility index (Phi) is 4.58. The van der Waals surface area contributed by atoms with Gasteiger partial charge in [-0.2, -0.15) is 0 Å². The lowest BCUT2D eigenvalue weighted by Gasteiger charge is -2.27. The Bertz CT molecular complexity index is 332. The highest BCUT2D eigenvalue weighted by Crippen LogP contribution is 2.23. The van der Waals surface area contributed by atoms with Gasteiger partial charge in [0.2, 0.25) is 0 Å². The molecule has 1 unspecified atom stereocenters. The van der Waals surface area contributed by atoms with Crippen LogP contribution in [0.25, 0.3) is 0 Å². The molecule has 1 N–H and O–H groups in total. The van der Waals surface area contributed by atoms with Crippen molar-refractivity contribution in [3.8, 4) is 0 Å². The maximum atomic E-state index is 9.39. The predicted molar refractivity (Wildman–Crippen MR) is 66.9 cm³/mol. The maximum Gasteiger partial charge on any atom is 0.183 e. The van der Waals surface area contributed by atoms with Crippen molar-refractivity contribution in [2.24, 2.45) is 0 Å². The van der Waals surface area contributed by atoms with E-state index in [0.717, 1.165) is 19.5 Å². The van der Waals surface area contributed by atoms with Crippen LogP contribution in [0.15, 0.2) is 6.20 Å². The molecule has 1 atom stereocenters. The number of halogens is 1. The van der Waals surface area contributed by atoms with E-state index in [9.17, 15) is 5.11 Å². The molecule has 1 aromatic rings. The second-order valence-electron chi connectivity index (χ2n) is 4.24. The first-order valence-electron chi connectivity index (χ1n) is 5.74. The molecule has 90 valence electrons. The Morgan fingerprint density at radius 3 is 3.06 bits per heavy atom. The fraction of sp³-hybridized carbons (Fsp3) is 0.727. The second-order valence-corrected chi connectivity index (χ2v) is 5.93. The largest absolute Gasteiger partial charge is 0.395 e. The fourth-order valence-electron chi connectivity index (χ4n) is 2.21. The van der Waals surface area contributed by atoms with Crippen molar-refractivity contribution >= 4 is 22.9 Å². The number of thiazole rings is 1. The predicted octanol–water partition coefficient (Wildman–Crippen LogP) is 2.53. The zero-order valence-corrected chi connectivity index (χ0v) is 10.8. The van der Waals surface area contributed by atoms with E-state index < -0.39 is 0 Å². The van der Waals surface area contributed by atoms with Gasteiger partial charge in [0, 0.05) is 23.7 Å². The minimum Gasteiger partial charge on any atom is -0.395 e. The Labute approximate surface area is 105 Å². The molecule has 0 spiro atoms. The summed E-state index contributed by atoms with van der Waals surface area (Å²) >= 11 is 7.35. The van der Waals surface area contributed by atoms with Gasteiger partial charge in [-0.25, -0.2) is 4.98 Å². The molecule has 0 aromatic carbocycles. The number of aliphatic hydroxyl groups is 1. The molecule has 2 heterocycles. The van der Waals surface area contributed by atoms with Crippen molar-refractivity contribution in [2.75, 3.05) is 13.2 Å². The minimum atomic E-state index is 0.256. The van der Waals surface area contributed by atoms with Gasteiger partial charge in [-0.05, 0) is 19.4 Å². The van der Waals surface area contributed by atoms with Gasteiger partial charge in [-0.1, -0.05) is 24.4 Å². The highest BCUT2D eigenvalue weighted by molar-refractivity contribution is 7.15. The summed E-state index contributed by atoms with van der Waals surface area (Å²) in [7, 11) is 0. The molecule has 2 rings (SSSR count). The van der Waals surface area contributed by atoms with Crippen molar-refractivity contribution in [1.82, 2.24) is 9.88 Å². The number of rotatable bonds is 3. The van der Waals surface area contributed by atoms with Crippen LogP contribution in [0.1, 0.15) is 30.6 Å². The van der Waals surface area contributed by atoms with E-state index in [2.05, 4.69) is 9.88 Å². The lowest BCUT2D eigenvalue weighted by molar-refractivity contribution is 0.119. The van der Waals surface area contributed by atoms with E-state index in [-0.39, 0.29) is 6.61 Å². The van der Waals surface area contributed by atoms with Crippen LogP contribution in [-0.4, -0.2) is 34.2 Å². The molecule has 1 aliphatic rings. The molecule has 0 aliphatic carbocycles. The molecular weight excluding hydrogens is 244 g/mol. The van der Waals surface area contributed by atoms with Crippen LogP contribution in [0.5, 0.6) is 0 Å². The zero-order valence-electron chi connectivity index (χ0n) is 9.23. The van der Waals surface area contributed by atoms with E-state index in [1.807, 2.05) is 6.20 Å². The van der Waals surface area contributed by atoms with Gasteiger partial charge in [-0.15, -0.1) is 11.3 Å². The first-order valence-corrected chi connectivity index (χ1v) is 6.94. The van der Waals surface area contributed by atoms with E-state index in [0.29, 0.717) is 10.5 Å². The van der Waals surface area contributed by atoms with Gasteiger partial charge in [0.25, 0.3) is 0 Å². The summed E-state index contributed by atoms with van der Waals surface area (Å²) in [5.41, 5.74) is 0. The van der Waals surface area contributed by atoms with Gasteiger partial charge in [0.05, 0.1) is 6.61 Å². The van der Waals surface area contributed by atoms with Crippen LogP contribution in [0.4, 0.5) is 0 Å². The second kappa shape index (κ2) is 5.96. The summed E-state index contributed by atoms with van der Waals surface area (Å²) in [6, 6.07) is 0.309. The van der Waals surface area contributed by atoms with E-state index in [1.54, 1.807) is 0 Å². The third kappa shape index (κ3) is 3.17. The van der Waals surface area contributed by atoms with E-state index in [4.69, 9.17) is 11.6 Å². The average molecular weight is 261 g/mol. The third-order valence-electron chi connectivity index (χ3n) is 3.09. The summed E-state index contributed by atoms with van der Waals surface area (Å²) in [6.45, 7) is 2.20. The van der Waals surface area contributed by atoms with Gasteiger partial charge < -0.3 is 5.11 Å². The zero-order chi connectivity index (χ0) is 11.4. The molecule has 0 saturated carbocycles. The van der Waals surface area contributed by atoms with Crippen LogP contribution in [-0.2, 0) is 6.54 Å². The van der Waals surface area contributed by atoms with Crippen LogP contribution >= 0.6 is 22.9 Å². The highest BCUT2D eigenvalue weighted by atomic mass is 35.5. The SMILES string of the molecule is OCC1CCCCCN1Cc1cnc(Cl)s1. The summed E-state index contributed by atoms with van der Waals surface area (Å²) in [5, 5.41) is 9.39. The highest BCUT2D eigenvalue weighted by Gasteiger charge is 2.20. The van der Waals surface area contributed by atoms with Crippen LogP contribution < -0.4 is 0 Å². The molecule has 1 saturated heterocycles. The molecule has 1 aliphatic heterocycles. The fourth-order valence-corrected chi connectivity index (χ4v) is 3.21. The molecular formula is C11H17ClN2OS. The van der Waals surface area contributed by atoms with Crippen LogP contribution in [0.3, 0.4) is 0 Å². The Balaban J connectivity index is 1.99. The first-order chi connectivity index (χ1) is 7.79. The molecule has 0 amide bonds. The monoisotopic (exact) mass is 260 g/mol. The summed E-state index contributed by atoms with van der Waals surface area (Å²) in [6.07, 6.45) is 6.67. The number of aromatic nitrogens is 1. The number of hydrogen-bond acceptors (Lipinski definition) is 4. The molecule has 16 heavy (non-hydrogen) atoms. The summed E-state index contributed by atoms with van der Waals surface area (Å²) in [4.78, 5) is 7.59. The number of aliphatic hydroxyl groups excluding tert-OH is 1. The molecule has 5 heteroatoms. The van der Waals surface area contributed by atoms with Gasteiger partial charge in [-0.3, -0.25) is 4.90 Å². The molecule has 3 nitrogen and oxygen atoms in total. The lowest BCUT2D eigenvalue weighted by Crippen LogP contribution is -2.36. The quantitative estimate of drug-likeness (QED) is 0.907. The smallest absolute Gasteiger partial charge is 0.183 e.